The van der Waals surface area contributed by atoms with E-state index in [0.29, 0.717) is 5.39 Å². The summed E-state index contributed by atoms with van der Waals surface area (Å²) >= 11 is 0. The predicted octanol–water partition coefficient (Wildman–Crippen LogP) is 2.96. The van der Waals surface area contributed by atoms with Gasteiger partial charge < -0.3 is 5.32 Å². The number of non-ortho nitro benzene ring substituents is 1. The van der Waals surface area contributed by atoms with Crippen LogP contribution in [-0.2, 0) is 0 Å². The van der Waals surface area contributed by atoms with E-state index in [9.17, 15) is 10.1 Å². The molecule has 0 aliphatic carbocycles. The van der Waals surface area contributed by atoms with Gasteiger partial charge in [-0.1, -0.05) is 6.92 Å². The highest BCUT2D eigenvalue weighted by Gasteiger charge is 2.13. The summed E-state index contributed by atoms with van der Waals surface area (Å²) in [6.45, 7) is 2.91. The molecule has 2 aromatic rings. The van der Waals surface area contributed by atoms with E-state index < -0.39 is 0 Å². The Hall–Kier alpha value is -2.17. The van der Waals surface area contributed by atoms with Crippen molar-refractivity contribution in [2.75, 3.05) is 11.9 Å². The molecule has 5 nitrogen and oxygen atoms in total. The molecule has 0 spiro atoms. The van der Waals surface area contributed by atoms with Crippen molar-refractivity contribution in [2.24, 2.45) is 0 Å². The van der Waals surface area contributed by atoms with Crippen molar-refractivity contribution < 1.29 is 4.92 Å². The lowest BCUT2D eigenvalue weighted by Gasteiger charge is -2.08. The van der Waals surface area contributed by atoms with Gasteiger partial charge in [0.15, 0.2) is 0 Å². The second kappa shape index (κ2) is 4.78. The average molecular weight is 231 g/mol. The summed E-state index contributed by atoms with van der Waals surface area (Å²) in [6, 6.07) is 5.05. The van der Waals surface area contributed by atoms with Crippen LogP contribution in [0.15, 0.2) is 30.6 Å². The molecule has 0 saturated carbocycles. The highest BCUT2D eigenvalue weighted by atomic mass is 16.6. The Kier molecular flexibility index (Phi) is 3.18. The number of nitro groups is 1. The zero-order valence-corrected chi connectivity index (χ0v) is 9.51. The van der Waals surface area contributed by atoms with Crippen LogP contribution >= 0.6 is 0 Å². The Balaban J connectivity index is 2.58. The maximum atomic E-state index is 10.9. The highest BCUT2D eigenvalue weighted by molar-refractivity contribution is 5.99. The monoisotopic (exact) mass is 231 g/mol. The van der Waals surface area contributed by atoms with E-state index in [1.54, 1.807) is 18.3 Å². The number of pyridine rings is 1. The quantitative estimate of drug-likeness (QED) is 0.648. The number of nitro benzene ring substituents is 1. The number of hydrogen-bond donors (Lipinski definition) is 1. The van der Waals surface area contributed by atoms with Crippen LogP contribution in [0.2, 0.25) is 0 Å². The van der Waals surface area contributed by atoms with Crippen molar-refractivity contribution in [3.63, 3.8) is 0 Å². The van der Waals surface area contributed by atoms with E-state index >= 15 is 0 Å². The summed E-state index contributed by atoms with van der Waals surface area (Å²) in [6.07, 6.45) is 4.18. The van der Waals surface area contributed by atoms with Crippen LogP contribution in [0.4, 0.5) is 11.4 Å². The fourth-order valence-electron chi connectivity index (χ4n) is 1.75. The fraction of sp³-hybridized carbons (Fsp3) is 0.250. The molecule has 88 valence electrons. The Labute approximate surface area is 98.6 Å². The van der Waals surface area contributed by atoms with Gasteiger partial charge in [0.05, 0.1) is 10.3 Å². The number of hydrogen-bond acceptors (Lipinski definition) is 4. The fourth-order valence-corrected chi connectivity index (χ4v) is 1.75. The van der Waals surface area contributed by atoms with Crippen molar-refractivity contribution >= 4 is 22.1 Å². The van der Waals surface area contributed by atoms with Crippen LogP contribution < -0.4 is 5.32 Å². The molecule has 1 heterocycles. The lowest BCUT2D eigenvalue weighted by Crippen LogP contribution is -2.01. The Morgan fingerprint density at radius 2 is 2.18 bits per heavy atom. The van der Waals surface area contributed by atoms with Gasteiger partial charge >= 0.3 is 0 Å². The predicted molar refractivity (Wildman–Crippen MR) is 67.2 cm³/mol. The number of fused-ring (bicyclic) bond motifs is 1. The maximum absolute atomic E-state index is 10.9. The van der Waals surface area contributed by atoms with Crippen molar-refractivity contribution in [3.8, 4) is 0 Å². The van der Waals surface area contributed by atoms with Gasteiger partial charge in [-0.3, -0.25) is 15.1 Å². The molecule has 0 amide bonds. The Bertz CT molecular complexity index is 554. The molecule has 5 heteroatoms. The smallest absolute Gasteiger partial charge is 0.278 e. The third kappa shape index (κ3) is 2.18. The molecular weight excluding hydrogens is 218 g/mol. The molecule has 1 aromatic heterocycles. The second-order valence-corrected chi connectivity index (χ2v) is 3.74. The molecule has 0 fully saturated rings. The van der Waals surface area contributed by atoms with Crippen LogP contribution in [0.1, 0.15) is 13.3 Å². The molecule has 0 saturated heterocycles. The molecule has 0 bridgehead atoms. The van der Waals surface area contributed by atoms with Gasteiger partial charge in [-0.05, 0) is 18.6 Å². The summed E-state index contributed by atoms with van der Waals surface area (Å²) < 4.78 is 0. The van der Waals surface area contributed by atoms with Crippen molar-refractivity contribution in [1.29, 1.82) is 0 Å². The maximum Gasteiger partial charge on any atom is 0.278 e. The highest BCUT2D eigenvalue weighted by Crippen LogP contribution is 2.30. The first kappa shape index (κ1) is 11.3. The van der Waals surface area contributed by atoms with Gasteiger partial charge in [0.25, 0.3) is 5.69 Å². The van der Waals surface area contributed by atoms with E-state index in [-0.39, 0.29) is 10.6 Å². The first-order chi connectivity index (χ1) is 8.24. The first-order valence-corrected chi connectivity index (χ1v) is 5.49. The summed E-state index contributed by atoms with van der Waals surface area (Å²) in [5.41, 5.74) is 1.00. The Morgan fingerprint density at radius 1 is 1.35 bits per heavy atom. The molecule has 1 aromatic carbocycles. The van der Waals surface area contributed by atoms with Crippen LogP contribution in [-0.4, -0.2) is 16.5 Å². The zero-order chi connectivity index (χ0) is 12.3. The van der Waals surface area contributed by atoms with E-state index in [4.69, 9.17) is 0 Å². The first-order valence-electron chi connectivity index (χ1n) is 5.49. The van der Waals surface area contributed by atoms with E-state index in [1.807, 2.05) is 0 Å². The van der Waals surface area contributed by atoms with Crippen LogP contribution in [0, 0.1) is 10.1 Å². The molecule has 0 unspecified atom stereocenters. The van der Waals surface area contributed by atoms with Crippen molar-refractivity contribution in [3.05, 3.63) is 40.7 Å². The molecule has 0 radical (unpaired) electrons. The van der Waals surface area contributed by atoms with Gasteiger partial charge in [0.2, 0.25) is 0 Å². The van der Waals surface area contributed by atoms with E-state index in [1.165, 1.54) is 12.3 Å². The number of nitrogens with zero attached hydrogens (tertiary/aromatic N) is 2. The standard InChI is InChI=1S/C12H13N3O2/c1-2-6-14-11-3-4-12(15(16)17)10-8-13-7-5-9(10)11/h3-5,7-8,14H,2,6H2,1H3. The number of rotatable bonds is 4. The van der Waals surface area contributed by atoms with Crippen LogP contribution in [0.3, 0.4) is 0 Å². The minimum Gasteiger partial charge on any atom is -0.385 e. The molecule has 0 aliphatic heterocycles. The van der Waals surface area contributed by atoms with Gasteiger partial charge in [0, 0.05) is 36.1 Å². The molecule has 0 atom stereocenters. The van der Waals surface area contributed by atoms with Gasteiger partial charge in [-0.15, -0.1) is 0 Å². The summed E-state index contributed by atoms with van der Waals surface area (Å²) in [7, 11) is 0. The third-order valence-electron chi connectivity index (χ3n) is 2.56. The van der Waals surface area contributed by atoms with E-state index in [2.05, 4.69) is 17.2 Å². The zero-order valence-electron chi connectivity index (χ0n) is 9.51. The number of benzene rings is 1. The van der Waals surface area contributed by atoms with Gasteiger partial charge in [-0.2, -0.15) is 0 Å². The normalized spacial score (nSPS) is 10.4. The Morgan fingerprint density at radius 3 is 2.88 bits per heavy atom. The minimum absolute atomic E-state index is 0.0927. The second-order valence-electron chi connectivity index (χ2n) is 3.74. The van der Waals surface area contributed by atoms with Crippen LogP contribution in [0.25, 0.3) is 10.8 Å². The largest absolute Gasteiger partial charge is 0.385 e. The number of nitrogens with one attached hydrogen (secondary N) is 1. The van der Waals surface area contributed by atoms with E-state index in [0.717, 1.165) is 24.0 Å². The van der Waals surface area contributed by atoms with Gasteiger partial charge in [-0.25, -0.2) is 0 Å². The summed E-state index contributed by atoms with van der Waals surface area (Å²) in [4.78, 5) is 14.5. The van der Waals surface area contributed by atoms with Gasteiger partial charge in [0.1, 0.15) is 0 Å². The lowest BCUT2D eigenvalue weighted by molar-refractivity contribution is -0.383. The SMILES string of the molecule is CCCNc1ccc([N+](=O)[O-])c2cnccc12. The summed E-state index contributed by atoms with van der Waals surface area (Å²) in [5.74, 6) is 0. The topological polar surface area (TPSA) is 68.1 Å². The molecule has 0 aliphatic rings. The summed E-state index contributed by atoms with van der Waals surface area (Å²) in [5, 5.41) is 15.6. The number of anilines is 1. The van der Waals surface area contributed by atoms with Crippen LogP contribution in [0.5, 0.6) is 0 Å². The minimum atomic E-state index is -0.381. The number of aromatic nitrogens is 1. The molecule has 2 rings (SSSR count). The lowest BCUT2D eigenvalue weighted by atomic mass is 10.1. The third-order valence-corrected chi connectivity index (χ3v) is 2.56. The molecule has 17 heavy (non-hydrogen) atoms. The average Bonchev–Trinajstić information content (AvgIpc) is 2.35. The van der Waals surface area contributed by atoms with Crippen molar-refractivity contribution in [1.82, 2.24) is 4.98 Å². The molecule has 1 N–H and O–H groups in total. The molecular formula is C12H13N3O2. The van der Waals surface area contributed by atoms with Crippen molar-refractivity contribution in [2.45, 2.75) is 13.3 Å².